The number of piperazine rings is 1. The van der Waals surface area contributed by atoms with Crippen molar-refractivity contribution in [1.29, 1.82) is 0 Å². The Morgan fingerprint density at radius 3 is 2.30 bits per heavy atom. The van der Waals surface area contributed by atoms with Crippen molar-refractivity contribution < 1.29 is 18.3 Å². The topological polar surface area (TPSA) is 90.0 Å². The van der Waals surface area contributed by atoms with Crippen molar-refractivity contribution in [1.82, 2.24) is 9.21 Å². The molecular weight excluding hydrogens is 390 g/mol. The number of hydrogen-bond acceptors (Lipinski definition) is 5. The number of phenols is 1. The minimum atomic E-state index is -3.65. The van der Waals surface area contributed by atoms with Crippen molar-refractivity contribution in [2.45, 2.75) is 4.90 Å². The van der Waals surface area contributed by atoms with Crippen LogP contribution in [-0.4, -0.2) is 61.4 Å². The zero-order valence-corrected chi connectivity index (χ0v) is 16.1. The van der Waals surface area contributed by atoms with Crippen molar-refractivity contribution in [2.24, 2.45) is 0 Å². The predicted octanol–water partition coefficient (Wildman–Crippen LogP) is 1.99. The maximum atomic E-state index is 12.7. The molecule has 1 heterocycles. The molecule has 27 heavy (non-hydrogen) atoms. The van der Waals surface area contributed by atoms with Crippen LogP contribution in [0.15, 0.2) is 53.4 Å². The zero-order valence-electron chi connectivity index (χ0n) is 14.5. The molecule has 0 unspecified atom stereocenters. The highest BCUT2D eigenvalue weighted by molar-refractivity contribution is 7.89. The van der Waals surface area contributed by atoms with Crippen molar-refractivity contribution in [3.63, 3.8) is 0 Å². The molecule has 1 aliphatic rings. The summed E-state index contributed by atoms with van der Waals surface area (Å²) in [5, 5.41) is 12.2. The van der Waals surface area contributed by atoms with E-state index in [-0.39, 0.29) is 28.1 Å². The fraction of sp³-hybridized carbons (Fsp3) is 0.278. The van der Waals surface area contributed by atoms with Gasteiger partial charge < -0.3 is 10.4 Å². The molecule has 2 N–H and O–H groups in total. The number of carbonyl (C=O) groups is 1. The zero-order chi connectivity index (χ0) is 19.4. The van der Waals surface area contributed by atoms with E-state index < -0.39 is 10.0 Å². The van der Waals surface area contributed by atoms with Gasteiger partial charge in [0.25, 0.3) is 0 Å². The van der Waals surface area contributed by atoms with Crippen LogP contribution >= 0.6 is 11.6 Å². The van der Waals surface area contributed by atoms with E-state index in [1.54, 1.807) is 30.3 Å². The van der Waals surface area contributed by atoms with E-state index in [0.717, 1.165) is 0 Å². The lowest BCUT2D eigenvalue weighted by Crippen LogP contribution is -2.50. The number of benzene rings is 2. The summed E-state index contributed by atoms with van der Waals surface area (Å²) < 4.78 is 26.8. The van der Waals surface area contributed by atoms with Crippen LogP contribution in [0, 0.1) is 0 Å². The molecule has 2 aromatic carbocycles. The van der Waals surface area contributed by atoms with Crippen LogP contribution < -0.4 is 5.32 Å². The lowest BCUT2D eigenvalue weighted by atomic mass is 10.3. The quantitative estimate of drug-likeness (QED) is 0.737. The number of amides is 1. The van der Waals surface area contributed by atoms with E-state index in [1.165, 1.54) is 22.5 Å². The van der Waals surface area contributed by atoms with Crippen LogP contribution in [0.5, 0.6) is 5.75 Å². The number of hydrogen-bond donors (Lipinski definition) is 2. The van der Waals surface area contributed by atoms with E-state index >= 15 is 0 Å². The van der Waals surface area contributed by atoms with Gasteiger partial charge >= 0.3 is 0 Å². The van der Waals surface area contributed by atoms with Gasteiger partial charge in [-0.05, 0) is 36.4 Å². The maximum absolute atomic E-state index is 12.7. The number of halogens is 1. The summed E-state index contributed by atoms with van der Waals surface area (Å²) in [4.78, 5) is 14.1. The molecule has 0 aliphatic carbocycles. The summed E-state index contributed by atoms with van der Waals surface area (Å²) in [6.45, 7) is 1.65. The summed E-state index contributed by atoms with van der Waals surface area (Å²) >= 11 is 6.03. The van der Waals surface area contributed by atoms with Crippen LogP contribution in [0.3, 0.4) is 0 Å². The van der Waals surface area contributed by atoms with E-state index in [2.05, 4.69) is 5.32 Å². The highest BCUT2D eigenvalue weighted by Gasteiger charge is 2.30. The minimum absolute atomic E-state index is 0.102. The Balaban J connectivity index is 1.55. The number of phenolic OH excluding ortho intramolecular Hbond substituents is 1. The molecule has 1 saturated heterocycles. The number of rotatable bonds is 5. The second-order valence-corrected chi connectivity index (χ2v) is 8.52. The molecule has 1 aliphatic heterocycles. The maximum Gasteiger partial charge on any atom is 0.244 e. The molecule has 0 atom stereocenters. The average Bonchev–Trinajstić information content (AvgIpc) is 2.64. The van der Waals surface area contributed by atoms with Crippen molar-refractivity contribution in [3.8, 4) is 5.75 Å². The predicted molar refractivity (Wildman–Crippen MR) is 103 cm³/mol. The molecule has 2 aromatic rings. The molecule has 0 saturated carbocycles. The third-order valence-electron chi connectivity index (χ3n) is 4.30. The first-order chi connectivity index (χ1) is 12.9. The van der Waals surface area contributed by atoms with E-state index in [9.17, 15) is 18.3 Å². The van der Waals surface area contributed by atoms with Crippen molar-refractivity contribution >= 4 is 33.2 Å². The Kier molecular flexibility index (Phi) is 6.01. The van der Waals surface area contributed by atoms with Crippen molar-refractivity contribution in [3.05, 3.63) is 53.6 Å². The standard InChI is InChI=1S/C18H20ClN3O4S/c19-16-3-1-2-4-17(16)27(25,26)22-11-9-21(10-12-22)13-18(24)20-14-5-7-15(23)8-6-14/h1-8,23H,9-13H2,(H,20,24). The normalized spacial score (nSPS) is 16.2. The lowest BCUT2D eigenvalue weighted by Gasteiger charge is -2.33. The van der Waals surface area contributed by atoms with Gasteiger partial charge in [-0.25, -0.2) is 8.42 Å². The molecular formula is C18H20ClN3O4S. The van der Waals surface area contributed by atoms with Gasteiger partial charge in [0.15, 0.2) is 0 Å². The molecule has 1 fully saturated rings. The monoisotopic (exact) mass is 409 g/mol. The molecule has 0 aromatic heterocycles. The molecule has 9 heteroatoms. The number of nitrogens with one attached hydrogen (secondary N) is 1. The van der Waals surface area contributed by atoms with Crippen LogP contribution in [0.25, 0.3) is 0 Å². The molecule has 0 spiro atoms. The Morgan fingerprint density at radius 1 is 1.04 bits per heavy atom. The van der Waals surface area contributed by atoms with Crippen LogP contribution in [0.2, 0.25) is 5.02 Å². The Labute approximate surface area is 163 Å². The largest absolute Gasteiger partial charge is 0.508 e. The van der Waals surface area contributed by atoms with Gasteiger partial charge in [0.1, 0.15) is 10.6 Å². The first-order valence-corrected chi connectivity index (χ1v) is 10.2. The number of sulfonamides is 1. The van der Waals surface area contributed by atoms with Gasteiger partial charge in [0.05, 0.1) is 11.6 Å². The average molecular weight is 410 g/mol. The van der Waals surface area contributed by atoms with Gasteiger partial charge in [-0.2, -0.15) is 4.31 Å². The van der Waals surface area contributed by atoms with E-state index in [1.807, 2.05) is 4.90 Å². The Morgan fingerprint density at radius 2 is 1.67 bits per heavy atom. The fourth-order valence-corrected chi connectivity index (χ4v) is 4.78. The molecule has 1 amide bonds. The minimum Gasteiger partial charge on any atom is -0.508 e. The van der Waals surface area contributed by atoms with Gasteiger partial charge in [-0.3, -0.25) is 9.69 Å². The van der Waals surface area contributed by atoms with Gasteiger partial charge in [-0.15, -0.1) is 0 Å². The molecule has 3 rings (SSSR count). The van der Waals surface area contributed by atoms with E-state index in [0.29, 0.717) is 31.9 Å². The summed E-state index contributed by atoms with van der Waals surface area (Å²) in [7, 11) is -3.65. The number of anilines is 1. The first-order valence-electron chi connectivity index (χ1n) is 8.42. The van der Waals surface area contributed by atoms with E-state index in [4.69, 9.17) is 11.6 Å². The van der Waals surface area contributed by atoms with Gasteiger partial charge in [0, 0.05) is 31.9 Å². The third-order valence-corrected chi connectivity index (χ3v) is 6.70. The lowest BCUT2D eigenvalue weighted by molar-refractivity contribution is -0.117. The smallest absolute Gasteiger partial charge is 0.244 e. The van der Waals surface area contributed by atoms with Gasteiger partial charge in [0.2, 0.25) is 15.9 Å². The third kappa shape index (κ3) is 4.78. The highest BCUT2D eigenvalue weighted by Crippen LogP contribution is 2.25. The number of carbonyl (C=O) groups excluding carboxylic acids is 1. The number of nitrogens with zero attached hydrogens (tertiary/aromatic N) is 2. The van der Waals surface area contributed by atoms with Crippen LogP contribution in [0.1, 0.15) is 0 Å². The summed E-state index contributed by atoms with van der Waals surface area (Å²) in [6.07, 6.45) is 0. The second kappa shape index (κ2) is 8.26. The molecule has 0 bridgehead atoms. The Bertz CT molecular complexity index is 910. The first kappa shape index (κ1) is 19.6. The summed E-state index contributed by atoms with van der Waals surface area (Å²) in [5.41, 5.74) is 0.595. The van der Waals surface area contributed by atoms with Crippen molar-refractivity contribution in [2.75, 3.05) is 38.0 Å². The Hall–Kier alpha value is -2.13. The second-order valence-electron chi connectivity index (χ2n) is 6.21. The van der Waals surface area contributed by atoms with Crippen LogP contribution in [0.4, 0.5) is 5.69 Å². The molecule has 7 nitrogen and oxygen atoms in total. The SMILES string of the molecule is O=C(CN1CCN(S(=O)(=O)c2ccccc2Cl)CC1)Nc1ccc(O)cc1. The fourth-order valence-electron chi connectivity index (χ4n) is 2.87. The van der Waals surface area contributed by atoms with Crippen LogP contribution in [-0.2, 0) is 14.8 Å². The number of aromatic hydroxyl groups is 1. The summed E-state index contributed by atoms with van der Waals surface area (Å²) in [6, 6.07) is 12.6. The highest BCUT2D eigenvalue weighted by atomic mass is 35.5. The van der Waals surface area contributed by atoms with Gasteiger partial charge in [-0.1, -0.05) is 23.7 Å². The summed E-state index contributed by atoms with van der Waals surface area (Å²) in [5.74, 6) is -0.0630. The molecule has 144 valence electrons. The molecule has 0 radical (unpaired) electrons.